The summed E-state index contributed by atoms with van der Waals surface area (Å²) in [6.07, 6.45) is 16.9. The lowest BCUT2D eigenvalue weighted by atomic mass is 9.47. The second kappa shape index (κ2) is 24.5. The van der Waals surface area contributed by atoms with Crippen LogP contribution in [0.1, 0.15) is 141 Å². The highest BCUT2D eigenvalue weighted by molar-refractivity contribution is 5.96. The first kappa shape index (κ1) is 50.9. The number of fused-ring (bicyclic) bond motifs is 7. The maximum Gasteiger partial charge on any atom is 0.308 e. The predicted molar refractivity (Wildman–Crippen MR) is 263 cm³/mol. The molecule has 10 nitrogen and oxygen atoms in total. The van der Waals surface area contributed by atoms with E-state index in [1.165, 1.54) is 51.4 Å². The van der Waals surface area contributed by atoms with E-state index in [-0.39, 0.29) is 48.6 Å². The number of para-hydroxylation sites is 1. The number of allylic oxidation sites excluding steroid dienone is 1. The largest absolute Gasteiger partial charge is 0.462 e. The number of esters is 1. The van der Waals surface area contributed by atoms with Crippen molar-refractivity contribution in [2.45, 2.75) is 137 Å². The van der Waals surface area contributed by atoms with E-state index in [2.05, 4.69) is 57.9 Å². The van der Waals surface area contributed by atoms with Crippen LogP contribution in [0.3, 0.4) is 0 Å². The molecule has 8 atom stereocenters. The summed E-state index contributed by atoms with van der Waals surface area (Å²) in [5.41, 5.74) is 5.72. The Labute approximate surface area is 402 Å². The van der Waals surface area contributed by atoms with Gasteiger partial charge in [0.15, 0.2) is 0 Å². The zero-order valence-electron chi connectivity index (χ0n) is 41.4. The van der Waals surface area contributed by atoms with Crippen molar-refractivity contribution in [3.05, 3.63) is 76.9 Å². The molecule has 1 N–H and O–H groups in total. The third-order valence-corrected chi connectivity index (χ3v) is 16.4. The van der Waals surface area contributed by atoms with Gasteiger partial charge in [0.2, 0.25) is 11.8 Å². The maximum atomic E-state index is 13.4. The van der Waals surface area contributed by atoms with Crippen LogP contribution in [0.5, 0.6) is 0 Å². The number of nitrogens with one attached hydrogen (secondary N) is 1. The Bertz CT molecular complexity index is 2060. The molecule has 1 aliphatic heterocycles. The summed E-state index contributed by atoms with van der Waals surface area (Å²) in [7, 11) is 0. The minimum atomic E-state index is -0.197. The average Bonchev–Trinajstić information content (AvgIpc) is 3.67. The fourth-order valence-corrected chi connectivity index (χ4v) is 12.8. The van der Waals surface area contributed by atoms with Crippen LogP contribution >= 0.6 is 0 Å². The molecule has 2 amide bonds. The lowest BCUT2D eigenvalue weighted by Crippen LogP contribution is -2.51. The van der Waals surface area contributed by atoms with Gasteiger partial charge in [0.05, 0.1) is 71.5 Å². The Hall–Kier alpha value is -4.01. The van der Waals surface area contributed by atoms with E-state index >= 15 is 0 Å². The van der Waals surface area contributed by atoms with E-state index in [0.29, 0.717) is 71.4 Å². The van der Waals surface area contributed by atoms with Crippen molar-refractivity contribution in [1.82, 2.24) is 5.32 Å². The molecule has 3 saturated carbocycles. The molecule has 3 fully saturated rings. The van der Waals surface area contributed by atoms with Gasteiger partial charge in [0.1, 0.15) is 6.10 Å². The average molecular weight is 921 g/mol. The van der Waals surface area contributed by atoms with Gasteiger partial charge in [-0.1, -0.05) is 108 Å². The molecule has 7 rings (SSSR count). The minimum absolute atomic E-state index is 0.0291. The fourth-order valence-electron chi connectivity index (χ4n) is 12.8. The van der Waals surface area contributed by atoms with Gasteiger partial charge >= 0.3 is 5.97 Å². The standard InChI is InChI=1S/C57H80N2O8/c1-41(2)11-10-12-42(3)49-21-22-50-48-20-19-46-39-47(25-28-56(46,4)51(48)26-29-57(49,50)5)67-55(62)27-31-63-33-35-65-37-38-66-36-34-64-32-30-58-53(60)23-24-54(61)59-40-45-15-7-6-13-43(45)17-18-44-14-8-9-16-52(44)59/h6-9,13-16,19,41-42,47-51H,10-12,20-40H2,1-5H3,(H,58,60)/t42-,47?,48+,49-,50+,51+,56+,57-/m1/s1. The van der Waals surface area contributed by atoms with Gasteiger partial charge in [0, 0.05) is 36.9 Å². The van der Waals surface area contributed by atoms with Gasteiger partial charge in [-0.05, 0) is 115 Å². The molecule has 0 bridgehead atoms. The summed E-state index contributed by atoms with van der Waals surface area (Å²) in [6, 6.07) is 15.5. The topological polar surface area (TPSA) is 113 Å². The molecule has 4 aliphatic carbocycles. The van der Waals surface area contributed by atoms with Gasteiger partial charge in [0.25, 0.3) is 0 Å². The molecular weight excluding hydrogens is 841 g/mol. The highest BCUT2D eigenvalue weighted by Crippen LogP contribution is 2.67. The molecule has 10 heteroatoms. The van der Waals surface area contributed by atoms with Crippen molar-refractivity contribution in [1.29, 1.82) is 0 Å². The third-order valence-electron chi connectivity index (χ3n) is 16.4. The van der Waals surface area contributed by atoms with Crippen molar-refractivity contribution in [2.24, 2.45) is 46.3 Å². The van der Waals surface area contributed by atoms with Crippen LogP contribution in [0.25, 0.3) is 0 Å². The second-order valence-corrected chi connectivity index (χ2v) is 21.1. The molecule has 1 unspecified atom stereocenters. The fraction of sp³-hybridized carbons (Fsp3) is 0.667. The molecule has 1 heterocycles. The normalized spacial score (nSPS) is 26.6. The Morgan fingerprint density at radius 2 is 1.43 bits per heavy atom. The number of anilines is 1. The molecule has 2 aromatic carbocycles. The second-order valence-electron chi connectivity index (χ2n) is 21.1. The first-order valence-corrected chi connectivity index (χ1v) is 25.9. The minimum Gasteiger partial charge on any atom is -0.462 e. The van der Waals surface area contributed by atoms with Crippen LogP contribution in [0, 0.1) is 58.2 Å². The Balaban J connectivity index is 0.679. The van der Waals surface area contributed by atoms with Crippen molar-refractivity contribution < 1.29 is 38.1 Å². The highest BCUT2D eigenvalue weighted by atomic mass is 16.6. The smallest absolute Gasteiger partial charge is 0.308 e. The summed E-state index contributed by atoms with van der Waals surface area (Å²) in [4.78, 5) is 40.5. The number of ether oxygens (including phenoxy) is 5. The zero-order chi connectivity index (χ0) is 47.2. The van der Waals surface area contributed by atoms with Crippen LogP contribution < -0.4 is 10.2 Å². The van der Waals surface area contributed by atoms with Crippen LogP contribution in [0.15, 0.2) is 60.2 Å². The number of carbonyl (C=O) groups excluding carboxylic acids is 3. The summed E-state index contributed by atoms with van der Waals surface area (Å²) in [5, 5.41) is 2.84. The van der Waals surface area contributed by atoms with E-state index in [9.17, 15) is 14.4 Å². The zero-order valence-corrected chi connectivity index (χ0v) is 41.4. The summed E-state index contributed by atoms with van der Waals surface area (Å²) in [6.45, 7) is 16.4. The van der Waals surface area contributed by atoms with Gasteiger partial charge in [-0.2, -0.15) is 0 Å². The lowest BCUT2D eigenvalue weighted by molar-refractivity contribution is -0.153. The van der Waals surface area contributed by atoms with Crippen molar-refractivity contribution in [3.8, 4) is 11.8 Å². The highest BCUT2D eigenvalue weighted by Gasteiger charge is 2.59. The monoisotopic (exact) mass is 921 g/mol. The van der Waals surface area contributed by atoms with Crippen molar-refractivity contribution >= 4 is 23.5 Å². The quantitative estimate of drug-likeness (QED) is 0.0480. The number of rotatable bonds is 24. The molecule has 0 radical (unpaired) electrons. The molecule has 0 aromatic heterocycles. The van der Waals surface area contributed by atoms with Crippen molar-refractivity contribution in [2.75, 3.05) is 64.3 Å². The van der Waals surface area contributed by atoms with Crippen LogP contribution in [0.4, 0.5) is 5.69 Å². The number of hydrogen-bond acceptors (Lipinski definition) is 8. The number of benzene rings is 2. The summed E-state index contributed by atoms with van der Waals surface area (Å²) < 4.78 is 28.5. The van der Waals surface area contributed by atoms with Gasteiger partial charge in [-0.25, -0.2) is 0 Å². The van der Waals surface area contributed by atoms with E-state index in [0.717, 1.165) is 77.1 Å². The van der Waals surface area contributed by atoms with Gasteiger partial charge in [-0.15, -0.1) is 0 Å². The van der Waals surface area contributed by atoms with E-state index in [4.69, 9.17) is 23.7 Å². The number of carbonyl (C=O) groups is 3. The molecule has 5 aliphatic rings. The van der Waals surface area contributed by atoms with E-state index in [1.54, 1.807) is 10.5 Å². The van der Waals surface area contributed by atoms with Gasteiger partial charge < -0.3 is 33.9 Å². The van der Waals surface area contributed by atoms with Crippen LogP contribution in [-0.2, 0) is 44.6 Å². The van der Waals surface area contributed by atoms with E-state index < -0.39 is 0 Å². The number of nitrogens with zero attached hydrogens (tertiary/aromatic N) is 1. The van der Waals surface area contributed by atoms with Crippen LogP contribution in [0.2, 0.25) is 0 Å². The predicted octanol–water partition coefficient (Wildman–Crippen LogP) is 10.2. The summed E-state index contributed by atoms with van der Waals surface area (Å²) in [5.74, 6) is 10.9. The Morgan fingerprint density at radius 1 is 0.746 bits per heavy atom. The Kier molecular flexibility index (Phi) is 18.6. The molecule has 67 heavy (non-hydrogen) atoms. The summed E-state index contributed by atoms with van der Waals surface area (Å²) >= 11 is 0. The van der Waals surface area contributed by atoms with Gasteiger partial charge in [-0.3, -0.25) is 14.4 Å². The maximum absolute atomic E-state index is 13.4. The molecule has 0 saturated heterocycles. The molecular formula is C57H80N2O8. The number of hydrogen-bond donors (Lipinski definition) is 1. The number of amides is 2. The first-order chi connectivity index (χ1) is 32.5. The molecule has 2 aromatic rings. The van der Waals surface area contributed by atoms with Crippen molar-refractivity contribution in [3.63, 3.8) is 0 Å². The molecule has 366 valence electrons. The first-order valence-electron chi connectivity index (χ1n) is 25.9. The Morgan fingerprint density at radius 3 is 2.19 bits per heavy atom. The molecule has 0 spiro atoms. The third kappa shape index (κ3) is 13.2. The van der Waals surface area contributed by atoms with E-state index in [1.807, 2.05) is 48.5 Å². The van der Waals surface area contributed by atoms with Crippen LogP contribution in [-0.4, -0.2) is 83.3 Å². The SMILES string of the molecule is CC(C)CCC[C@@H](C)[C@H]1CC[C@H]2[C@@H]3CC=C4CC(OC(=O)CCOCCOCCOCCOCCNC(=O)CCC(=O)N5Cc6ccccc6C#Cc6ccccc65)CC[C@]4(C)[C@H]3CC[C@]12C. The lowest BCUT2D eigenvalue weighted by Gasteiger charge is -2.58.